The van der Waals surface area contributed by atoms with Crippen LogP contribution in [0.25, 0.3) is 0 Å². The van der Waals surface area contributed by atoms with Crippen molar-refractivity contribution in [1.82, 2.24) is 4.98 Å². The standard InChI is InChI=1S/C18H15ClF5NO4/c1-17(2,3)29-16(26)10-5-13(21)14(6-12(10)20)28-9-4-11(19)15(25-7-9)27-8-18(22,23)24/h4-7H,8H2,1-3H3. The van der Waals surface area contributed by atoms with Crippen LogP contribution >= 0.6 is 11.6 Å². The van der Waals surface area contributed by atoms with Gasteiger partial charge < -0.3 is 14.2 Å². The normalized spacial score (nSPS) is 11.9. The van der Waals surface area contributed by atoms with Crippen molar-refractivity contribution in [2.75, 3.05) is 6.61 Å². The Morgan fingerprint density at radius 1 is 1.10 bits per heavy atom. The summed E-state index contributed by atoms with van der Waals surface area (Å²) < 4.78 is 79.5. The summed E-state index contributed by atoms with van der Waals surface area (Å²) in [6, 6.07) is 2.24. The number of esters is 1. The number of hydrogen-bond acceptors (Lipinski definition) is 5. The zero-order valence-electron chi connectivity index (χ0n) is 15.4. The molecule has 0 radical (unpaired) electrons. The molecule has 2 aromatic rings. The number of pyridine rings is 1. The number of carbonyl (C=O) groups excluding carboxylic acids is 1. The number of nitrogens with zero attached hydrogens (tertiary/aromatic N) is 1. The van der Waals surface area contributed by atoms with Crippen molar-refractivity contribution in [3.05, 3.63) is 46.6 Å². The molecule has 0 amide bonds. The highest BCUT2D eigenvalue weighted by molar-refractivity contribution is 6.31. The summed E-state index contributed by atoms with van der Waals surface area (Å²) in [5.41, 5.74) is -1.54. The van der Waals surface area contributed by atoms with Gasteiger partial charge in [0.15, 0.2) is 18.2 Å². The Hall–Kier alpha value is -2.62. The van der Waals surface area contributed by atoms with Crippen LogP contribution in [-0.2, 0) is 4.74 Å². The van der Waals surface area contributed by atoms with E-state index in [4.69, 9.17) is 21.1 Å². The number of carbonyl (C=O) groups is 1. The molecule has 0 N–H and O–H groups in total. The smallest absolute Gasteiger partial charge is 0.422 e. The molecule has 0 fully saturated rings. The quantitative estimate of drug-likeness (QED) is 0.441. The summed E-state index contributed by atoms with van der Waals surface area (Å²) in [4.78, 5) is 15.5. The van der Waals surface area contributed by atoms with E-state index in [0.29, 0.717) is 12.1 Å². The maximum absolute atomic E-state index is 14.2. The Labute approximate surface area is 167 Å². The average molecular weight is 440 g/mol. The summed E-state index contributed by atoms with van der Waals surface area (Å²) in [7, 11) is 0. The predicted molar refractivity (Wildman–Crippen MR) is 92.4 cm³/mol. The van der Waals surface area contributed by atoms with E-state index in [2.05, 4.69) is 9.72 Å². The molecule has 0 bridgehead atoms. The van der Waals surface area contributed by atoms with Crippen LogP contribution in [0, 0.1) is 11.6 Å². The van der Waals surface area contributed by atoms with Crippen molar-refractivity contribution in [3.63, 3.8) is 0 Å². The van der Waals surface area contributed by atoms with E-state index in [1.165, 1.54) is 0 Å². The van der Waals surface area contributed by atoms with Crippen LogP contribution in [-0.4, -0.2) is 29.3 Å². The van der Waals surface area contributed by atoms with Gasteiger partial charge in [-0.3, -0.25) is 0 Å². The number of ether oxygens (including phenoxy) is 3. The average Bonchev–Trinajstić information content (AvgIpc) is 2.54. The van der Waals surface area contributed by atoms with E-state index in [0.717, 1.165) is 12.3 Å². The lowest BCUT2D eigenvalue weighted by atomic mass is 10.1. The second-order valence-electron chi connectivity index (χ2n) is 6.73. The first kappa shape index (κ1) is 22.7. The van der Waals surface area contributed by atoms with Gasteiger partial charge in [0.25, 0.3) is 0 Å². The third kappa shape index (κ3) is 6.74. The van der Waals surface area contributed by atoms with Crippen LogP contribution in [0.5, 0.6) is 17.4 Å². The van der Waals surface area contributed by atoms with Crippen molar-refractivity contribution in [2.24, 2.45) is 0 Å². The number of rotatable bonds is 5. The van der Waals surface area contributed by atoms with Gasteiger partial charge in [-0.2, -0.15) is 13.2 Å². The van der Waals surface area contributed by atoms with Gasteiger partial charge in [-0.25, -0.2) is 18.6 Å². The SMILES string of the molecule is CC(C)(C)OC(=O)c1cc(F)c(Oc2cnc(OCC(F)(F)F)c(Cl)c2)cc1F. The first-order chi connectivity index (χ1) is 13.2. The van der Waals surface area contributed by atoms with Gasteiger partial charge >= 0.3 is 12.1 Å². The Kier molecular flexibility index (Phi) is 6.56. The van der Waals surface area contributed by atoms with Crippen molar-refractivity contribution in [3.8, 4) is 17.4 Å². The zero-order chi connectivity index (χ0) is 22.0. The molecule has 1 aromatic heterocycles. The number of benzene rings is 1. The molecular formula is C18H15ClF5NO4. The lowest BCUT2D eigenvalue weighted by molar-refractivity contribution is -0.154. The third-order valence-electron chi connectivity index (χ3n) is 3.02. The second-order valence-corrected chi connectivity index (χ2v) is 7.14. The molecule has 0 saturated carbocycles. The molecule has 0 unspecified atom stereocenters. The van der Waals surface area contributed by atoms with Crippen LogP contribution in [0.4, 0.5) is 22.0 Å². The lowest BCUT2D eigenvalue weighted by Crippen LogP contribution is -2.24. The highest BCUT2D eigenvalue weighted by atomic mass is 35.5. The molecule has 0 atom stereocenters. The first-order valence-corrected chi connectivity index (χ1v) is 8.38. The fourth-order valence-corrected chi connectivity index (χ4v) is 2.15. The molecule has 2 rings (SSSR count). The molecule has 0 spiro atoms. The number of hydrogen-bond donors (Lipinski definition) is 0. The van der Waals surface area contributed by atoms with Gasteiger partial charge in [-0.05, 0) is 26.8 Å². The van der Waals surface area contributed by atoms with Crippen molar-refractivity contribution < 1.29 is 41.0 Å². The van der Waals surface area contributed by atoms with Gasteiger partial charge in [-0.1, -0.05) is 11.6 Å². The van der Waals surface area contributed by atoms with Gasteiger partial charge in [0, 0.05) is 12.1 Å². The molecule has 29 heavy (non-hydrogen) atoms. The van der Waals surface area contributed by atoms with E-state index >= 15 is 0 Å². The summed E-state index contributed by atoms with van der Waals surface area (Å²) in [6.45, 7) is 3.09. The van der Waals surface area contributed by atoms with Crippen LogP contribution < -0.4 is 9.47 Å². The molecule has 5 nitrogen and oxygen atoms in total. The Bertz CT molecular complexity index is 912. The van der Waals surface area contributed by atoms with Crippen molar-refractivity contribution >= 4 is 17.6 Å². The molecule has 0 aliphatic carbocycles. The minimum absolute atomic E-state index is 0.197. The highest BCUT2D eigenvalue weighted by Gasteiger charge is 2.29. The fraction of sp³-hybridized carbons (Fsp3) is 0.333. The van der Waals surface area contributed by atoms with Gasteiger partial charge in [0.2, 0.25) is 5.88 Å². The molecule has 158 valence electrons. The maximum Gasteiger partial charge on any atom is 0.422 e. The van der Waals surface area contributed by atoms with Crippen molar-refractivity contribution in [2.45, 2.75) is 32.5 Å². The van der Waals surface area contributed by atoms with E-state index in [1.54, 1.807) is 20.8 Å². The monoisotopic (exact) mass is 439 g/mol. The fourth-order valence-electron chi connectivity index (χ4n) is 1.94. The predicted octanol–water partition coefficient (Wildman–Crippen LogP) is 5.70. The lowest BCUT2D eigenvalue weighted by Gasteiger charge is -2.19. The Morgan fingerprint density at radius 3 is 2.31 bits per heavy atom. The van der Waals surface area contributed by atoms with Gasteiger partial charge in [0.05, 0.1) is 11.8 Å². The molecule has 1 heterocycles. The van der Waals surface area contributed by atoms with E-state index in [1.807, 2.05) is 0 Å². The second kappa shape index (κ2) is 8.40. The van der Waals surface area contributed by atoms with Crippen molar-refractivity contribution in [1.29, 1.82) is 0 Å². The molecule has 0 aliphatic heterocycles. The zero-order valence-corrected chi connectivity index (χ0v) is 16.1. The van der Waals surface area contributed by atoms with Gasteiger partial charge in [0.1, 0.15) is 22.2 Å². The summed E-state index contributed by atoms with van der Waals surface area (Å²) in [5, 5.41) is -0.335. The van der Waals surface area contributed by atoms with E-state index < -0.39 is 53.2 Å². The summed E-state index contributed by atoms with van der Waals surface area (Å²) in [6.07, 6.45) is -3.67. The summed E-state index contributed by atoms with van der Waals surface area (Å²) >= 11 is 5.76. The van der Waals surface area contributed by atoms with Crippen LogP contribution in [0.3, 0.4) is 0 Å². The molecular weight excluding hydrogens is 425 g/mol. The maximum atomic E-state index is 14.2. The third-order valence-corrected chi connectivity index (χ3v) is 3.29. The highest BCUT2D eigenvalue weighted by Crippen LogP contribution is 2.32. The number of halogens is 6. The molecule has 1 aromatic carbocycles. The van der Waals surface area contributed by atoms with Crippen LogP contribution in [0.1, 0.15) is 31.1 Å². The Morgan fingerprint density at radius 2 is 1.76 bits per heavy atom. The van der Waals surface area contributed by atoms with Gasteiger partial charge in [-0.15, -0.1) is 0 Å². The van der Waals surface area contributed by atoms with Crippen LogP contribution in [0.15, 0.2) is 24.4 Å². The van der Waals surface area contributed by atoms with E-state index in [9.17, 15) is 26.7 Å². The number of aromatic nitrogens is 1. The minimum Gasteiger partial charge on any atom is -0.467 e. The minimum atomic E-state index is -4.59. The molecule has 11 heteroatoms. The summed E-state index contributed by atoms with van der Waals surface area (Å²) in [5.74, 6) is -4.55. The number of alkyl halides is 3. The van der Waals surface area contributed by atoms with E-state index in [-0.39, 0.29) is 10.8 Å². The Balaban J connectivity index is 2.19. The largest absolute Gasteiger partial charge is 0.467 e. The molecule has 0 aliphatic rings. The van der Waals surface area contributed by atoms with Crippen LogP contribution in [0.2, 0.25) is 5.02 Å². The first-order valence-electron chi connectivity index (χ1n) is 8.00. The topological polar surface area (TPSA) is 57.7 Å². The molecule has 0 saturated heterocycles.